The number of hydrogen-bond donors (Lipinski definition) is 1. The van der Waals surface area contributed by atoms with E-state index in [0.29, 0.717) is 5.92 Å². The van der Waals surface area contributed by atoms with E-state index >= 15 is 0 Å². The summed E-state index contributed by atoms with van der Waals surface area (Å²) in [5.41, 5.74) is 10.3. The van der Waals surface area contributed by atoms with Crippen molar-refractivity contribution in [3.63, 3.8) is 0 Å². The monoisotopic (exact) mass is 257 g/mol. The van der Waals surface area contributed by atoms with Crippen LogP contribution in [0.3, 0.4) is 0 Å². The predicted molar refractivity (Wildman–Crippen MR) is 75.9 cm³/mol. The number of hydrogen-bond acceptors (Lipinski definition) is 1. The first-order valence-electron chi connectivity index (χ1n) is 6.33. The van der Waals surface area contributed by atoms with Crippen LogP contribution < -0.4 is 5.73 Å². The lowest BCUT2D eigenvalue weighted by molar-refractivity contribution is 0.498. The molecule has 0 aliphatic heterocycles. The van der Waals surface area contributed by atoms with Gasteiger partial charge in [0.25, 0.3) is 0 Å². The molecule has 0 fully saturated rings. The Balaban J connectivity index is 1.72. The zero-order valence-electron chi connectivity index (χ0n) is 10.1. The van der Waals surface area contributed by atoms with E-state index in [2.05, 4.69) is 30.3 Å². The first kappa shape index (κ1) is 11.8. The smallest absolute Gasteiger partial charge is 0.0409 e. The second kappa shape index (κ2) is 4.75. The van der Waals surface area contributed by atoms with Crippen LogP contribution in [0.15, 0.2) is 48.5 Å². The van der Waals surface area contributed by atoms with Crippen molar-refractivity contribution in [3.05, 3.63) is 70.2 Å². The summed E-state index contributed by atoms with van der Waals surface area (Å²) >= 11 is 6.00. The molecule has 3 rings (SSSR count). The van der Waals surface area contributed by atoms with Gasteiger partial charge in [-0.3, -0.25) is 0 Å². The van der Waals surface area contributed by atoms with Crippen molar-refractivity contribution in [2.75, 3.05) is 0 Å². The van der Waals surface area contributed by atoms with Crippen LogP contribution in [0.25, 0.3) is 0 Å². The molecule has 0 bridgehead atoms. The third-order valence-electron chi connectivity index (χ3n) is 3.78. The van der Waals surface area contributed by atoms with E-state index in [4.69, 9.17) is 17.3 Å². The summed E-state index contributed by atoms with van der Waals surface area (Å²) in [6.45, 7) is 0. The second-order valence-corrected chi connectivity index (χ2v) is 5.43. The fourth-order valence-electron chi connectivity index (χ4n) is 2.75. The number of nitrogens with two attached hydrogens (primary N) is 1. The Labute approximate surface area is 113 Å². The molecule has 18 heavy (non-hydrogen) atoms. The van der Waals surface area contributed by atoms with Crippen LogP contribution >= 0.6 is 11.6 Å². The zero-order chi connectivity index (χ0) is 12.5. The minimum absolute atomic E-state index is 0.0713. The minimum atomic E-state index is 0.0713. The summed E-state index contributed by atoms with van der Waals surface area (Å²) in [6, 6.07) is 16.6. The van der Waals surface area contributed by atoms with Gasteiger partial charge in [-0.1, -0.05) is 48.0 Å². The second-order valence-electron chi connectivity index (χ2n) is 5.00. The van der Waals surface area contributed by atoms with Gasteiger partial charge < -0.3 is 5.73 Å². The van der Waals surface area contributed by atoms with Crippen molar-refractivity contribution in [2.45, 2.75) is 24.8 Å². The Morgan fingerprint density at radius 2 is 2.00 bits per heavy atom. The fraction of sp³-hybridized carbons (Fsp3) is 0.250. The molecule has 0 radical (unpaired) electrons. The largest absolute Gasteiger partial charge is 0.324 e. The van der Waals surface area contributed by atoms with E-state index in [1.165, 1.54) is 11.1 Å². The maximum absolute atomic E-state index is 6.27. The van der Waals surface area contributed by atoms with E-state index in [-0.39, 0.29) is 6.04 Å². The van der Waals surface area contributed by atoms with Gasteiger partial charge in [-0.25, -0.2) is 0 Å². The summed E-state index contributed by atoms with van der Waals surface area (Å²) in [5.74, 6) is 0.607. The van der Waals surface area contributed by atoms with Gasteiger partial charge in [-0.05, 0) is 47.6 Å². The lowest BCUT2D eigenvalue weighted by Crippen LogP contribution is -2.22. The molecule has 1 nitrogen and oxygen atoms in total. The van der Waals surface area contributed by atoms with Crippen molar-refractivity contribution < 1.29 is 0 Å². The Morgan fingerprint density at radius 3 is 2.78 bits per heavy atom. The molecule has 1 aliphatic carbocycles. The standard InChI is InChI=1S/C16H16ClN/c17-14-6-3-5-12(9-14)16(18)10-13-8-11-4-1-2-7-15(11)13/h1-7,9,13,16H,8,10,18H2. The van der Waals surface area contributed by atoms with Gasteiger partial charge in [0.2, 0.25) is 0 Å². The zero-order valence-corrected chi connectivity index (χ0v) is 10.9. The van der Waals surface area contributed by atoms with Crippen LogP contribution in [0.4, 0.5) is 0 Å². The van der Waals surface area contributed by atoms with Gasteiger partial charge in [0.1, 0.15) is 0 Å². The summed E-state index contributed by atoms with van der Waals surface area (Å²) in [4.78, 5) is 0. The molecule has 0 heterocycles. The molecule has 2 heteroatoms. The highest BCUT2D eigenvalue weighted by molar-refractivity contribution is 6.30. The van der Waals surface area contributed by atoms with E-state index in [1.54, 1.807) is 0 Å². The molecule has 2 aromatic rings. The molecule has 2 unspecified atom stereocenters. The molecule has 2 N–H and O–H groups in total. The SMILES string of the molecule is NC(CC1Cc2ccccc21)c1cccc(Cl)c1. The van der Waals surface area contributed by atoms with Gasteiger partial charge in [0, 0.05) is 11.1 Å². The maximum atomic E-state index is 6.27. The number of rotatable bonds is 3. The van der Waals surface area contributed by atoms with E-state index in [1.807, 2.05) is 18.2 Å². The first-order chi connectivity index (χ1) is 8.74. The molecule has 1 aliphatic rings. The van der Waals surface area contributed by atoms with Crippen molar-refractivity contribution in [2.24, 2.45) is 5.73 Å². The van der Waals surface area contributed by atoms with Crippen molar-refractivity contribution >= 4 is 11.6 Å². The lowest BCUT2D eigenvalue weighted by Gasteiger charge is -2.32. The molecule has 2 aromatic carbocycles. The van der Waals surface area contributed by atoms with Crippen LogP contribution in [0.2, 0.25) is 5.02 Å². The molecular formula is C16H16ClN. The third kappa shape index (κ3) is 2.16. The molecule has 0 aromatic heterocycles. The van der Waals surface area contributed by atoms with Crippen LogP contribution in [0.5, 0.6) is 0 Å². The van der Waals surface area contributed by atoms with Crippen LogP contribution in [-0.2, 0) is 6.42 Å². The molecule has 0 spiro atoms. The van der Waals surface area contributed by atoms with Gasteiger partial charge in [-0.15, -0.1) is 0 Å². The Kier molecular flexibility index (Phi) is 3.11. The molecule has 0 saturated carbocycles. The van der Waals surface area contributed by atoms with Crippen LogP contribution in [0, 0.1) is 0 Å². The van der Waals surface area contributed by atoms with Gasteiger partial charge in [0.05, 0.1) is 0 Å². The highest BCUT2D eigenvalue weighted by Gasteiger charge is 2.27. The molecule has 92 valence electrons. The minimum Gasteiger partial charge on any atom is -0.324 e. The normalized spacial score (nSPS) is 18.9. The summed E-state index contributed by atoms with van der Waals surface area (Å²) in [5, 5.41) is 0.761. The molecule has 0 amide bonds. The molecular weight excluding hydrogens is 242 g/mol. The van der Waals surface area contributed by atoms with E-state index < -0.39 is 0 Å². The Hall–Kier alpha value is -1.31. The van der Waals surface area contributed by atoms with Gasteiger partial charge in [0.15, 0.2) is 0 Å². The van der Waals surface area contributed by atoms with Crippen molar-refractivity contribution in [1.82, 2.24) is 0 Å². The quantitative estimate of drug-likeness (QED) is 0.881. The molecule has 0 saturated heterocycles. The predicted octanol–water partition coefficient (Wildman–Crippen LogP) is 4.07. The highest BCUT2D eigenvalue weighted by Crippen LogP contribution is 2.40. The molecule has 2 atom stereocenters. The third-order valence-corrected chi connectivity index (χ3v) is 4.01. The van der Waals surface area contributed by atoms with Crippen molar-refractivity contribution in [1.29, 1.82) is 0 Å². The summed E-state index contributed by atoms with van der Waals surface area (Å²) < 4.78 is 0. The number of benzene rings is 2. The first-order valence-corrected chi connectivity index (χ1v) is 6.70. The number of halogens is 1. The van der Waals surface area contributed by atoms with Crippen LogP contribution in [0.1, 0.15) is 35.1 Å². The van der Waals surface area contributed by atoms with E-state index in [9.17, 15) is 0 Å². The Bertz CT molecular complexity index is 565. The summed E-state index contributed by atoms with van der Waals surface area (Å²) in [7, 11) is 0. The number of fused-ring (bicyclic) bond motifs is 1. The van der Waals surface area contributed by atoms with Crippen molar-refractivity contribution in [3.8, 4) is 0 Å². The highest BCUT2D eigenvalue weighted by atomic mass is 35.5. The van der Waals surface area contributed by atoms with Gasteiger partial charge >= 0.3 is 0 Å². The maximum Gasteiger partial charge on any atom is 0.0409 e. The fourth-order valence-corrected chi connectivity index (χ4v) is 2.95. The summed E-state index contributed by atoms with van der Waals surface area (Å²) in [6.07, 6.45) is 2.15. The Morgan fingerprint density at radius 1 is 1.17 bits per heavy atom. The van der Waals surface area contributed by atoms with E-state index in [0.717, 1.165) is 23.4 Å². The average molecular weight is 258 g/mol. The van der Waals surface area contributed by atoms with Crippen LogP contribution in [-0.4, -0.2) is 0 Å². The average Bonchev–Trinajstić information content (AvgIpc) is 2.36. The van der Waals surface area contributed by atoms with Gasteiger partial charge in [-0.2, -0.15) is 0 Å². The topological polar surface area (TPSA) is 26.0 Å². The lowest BCUT2D eigenvalue weighted by atomic mass is 9.74.